The number of nitrogens with zero attached hydrogens (tertiary/aromatic N) is 2. The van der Waals surface area contributed by atoms with E-state index in [2.05, 4.69) is 10.3 Å². The van der Waals surface area contributed by atoms with Gasteiger partial charge in [-0.1, -0.05) is 0 Å². The first kappa shape index (κ1) is 15.5. The highest BCUT2D eigenvalue weighted by Crippen LogP contribution is 2.22. The second kappa shape index (κ2) is 6.04. The molecule has 7 nitrogen and oxygen atoms in total. The molecule has 0 fully saturated rings. The van der Waals surface area contributed by atoms with Crippen LogP contribution in [0.1, 0.15) is 26.5 Å². The van der Waals surface area contributed by atoms with Crippen molar-refractivity contribution in [3.8, 4) is 5.75 Å². The Hall–Kier alpha value is -3.35. The molecule has 0 aliphatic rings. The Bertz CT molecular complexity index is 929. The molecule has 0 spiro atoms. The minimum absolute atomic E-state index is 0.305. The van der Waals surface area contributed by atoms with Crippen molar-refractivity contribution in [2.45, 2.75) is 6.92 Å². The number of carbonyl (C=O) groups is 2. The third kappa shape index (κ3) is 2.67. The summed E-state index contributed by atoms with van der Waals surface area (Å²) in [6.07, 6.45) is 1.75. The Balaban J connectivity index is 1.94. The molecule has 0 bridgehead atoms. The predicted molar refractivity (Wildman–Crippen MR) is 89.4 cm³/mol. The van der Waals surface area contributed by atoms with E-state index in [1.165, 1.54) is 0 Å². The molecular weight excluding hydrogens is 308 g/mol. The molecule has 0 unspecified atom stereocenters. The SMILES string of the molecule is COc1cccn2c(C(=O)Nc3ccc(C(N)=O)cc3)c(C)nc12. The second-order valence-electron chi connectivity index (χ2n) is 5.21. The molecule has 7 heteroatoms. The lowest BCUT2D eigenvalue weighted by atomic mass is 10.2. The molecule has 3 N–H and O–H groups in total. The van der Waals surface area contributed by atoms with Crippen LogP contribution >= 0.6 is 0 Å². The van der Waals surface area contributed by atoms with E-state index in [4.69, 9.17) is 10.5 Å². The van der Waals surface area contributed by atoms with Gasteiger partial charge in [0, 0.05) is 17.4 Å². The number of nitrogens with two attached hydrogens (primary N) is 1. The number of amides is 2. The summed E-state index contributed by atoms with van der Waals surface area (Å²) in [5.74, 6) is -0.233. The summed E-state index contributed by atoms with van der Waals surface area (Å²) in [5, 5.41) is 2.79. The number of fused-ring (bicyclic) bond motifs is 1. The highest BCUT2D eigenvalue weighted by Gasteiger charge is 2.18. The van der Waals surface area contributed by atoms with Gasteiger partial charge in [0.25, 0.3) is 5.91 Å². The molecule has 0 atom stereocenters. The lowest BCUT2D eigenvalue weighted by Crippen LogP contribution is -2.16. The topological polar surface area (TPSA) is 98.7 Å². The molecule has 1 aromatic carbocycles. The van der Waals surface area contributed by atoms with Gasteiger partial charge in [-0.3, -0.25) is 14.0 Å². The van der Waals surface area contributed by atoms with Crippen molar-refractivity contribution >= 4 is 23.1 Å². The van der Waals surface area contributed by atoms with Gasteiger partial charge < -0.3 is 15.8 Å². The number of ether oxygens (including phenoxy) is 1. The zero-order valence-corrected chi connectivity index (χ0v) is 13.2. The third-order valence-corrected chi connectivity index (χ3v) is 3.65. The molecule has 0 radical (unpaired) electrons. The number of aromatic nitrogens is 2. The Morgan fingerprint density at radius 1 is 1.21 bits per heavy atom. The molecule has 0 aliphatic carbocycles. The zero-order chi connectivity index (χ0) is 17.3. The summed E-state index contributed by atoms with van der Waals surface area (Å²) in [6.45, 7) is 1.76. The van der Waals surface area contributed by atoms with E-state index >= 15 is 0 Å². The van der Waals surface area contributed by atoms with E-state index in [-0.39, 0.29) is 5.91 Å². The highest BCUT2D eigenvalue weighted by atomic mass is 16.5. The molecule has 2 heterocycles. The summed E-state index contributed by atoms with van der Waals surface area (Å²) in [4.78, 5) is 28.1. The first-order valence-electron chi connectivity index (χ1n) is 7.24. The van der Waals surface area contributed by atoms with Crippen molar-refractivity contribution in [3.05, 3.63) is 59.5 Å². The maximum absolute atomic E-state index is 12.6. The summed E-state index contributed by atoms with van der Waals surface area (Å²) in [6, 6.07) is 9.93. The standard InChI is InChI=1S/C17H16N4O3/c1-10-14(21-9-3-4-13(24-2)16(21)19-10)17(23)20-12-7-5-11(6-8-12)15(18)22/h3-9H,1-2H3,(H2,18,22)(H,20,23). The summed E-state index contributed by atoms with van der Waals surface area (Å²) in [5.41, 5.74) is 7.72. The number of methoxy groups -OCH3 is 1. The van der Waals surface area contributed by atoms with Gasteiger partial charge in [0.15, 0.2) is 11.4 Å². The minimum atomic E-state index is -0.516. The van der Waals surface area contributed by atoms with Gasteiger partial charge in [0.05, 0.1) is 12.8 Å². The average molecular weight is 324 g/mol. The van der Waals surface area contributed by atoms with E-state index in [0.717, 1.165) is 0 Å². The van der Waals surface area contributed by atoms with Crippen LogP contribution in [-0.2, 0) is 0 Å². The van der Waals surface area contributed by atoms with Crippen molar-refractivity contribution in [3.63, 3.8) is 0 Å². The minimum Gasteiger partial charge on any atom is -0.493 e. The van der Waals surface area contributed by atoms with Crippen molar-refractivity contribution in [2.24, 2.45) is 5.73 Å². The van der Waals surface area contributed by atoms with Crippen molar-refractivity contribution in [1.29, 1.82) is 0 Å². The fraction of sp³-hybridized carbons (Fsp3) is 0.118. The largest absolute Gasteiger partial charge is 0.493 e. The lowest BCUT2D eigenvalue weighted by molar-refractivity contribution is 0.0997. The van der Waals surface area contributed by atoms with Gasteiger partial charge in [0.1, 0.15) is 5.69 Å². The molecule has 0 saturated carbocycles. The van der Waals surface area contributed by atoms with Gasteiger partial charge in [0.2, 0.25) is 5.91 Å². The van der Waals surface area contributed by atoms with Crippen molar-refractivity contribution < 1.29 is 14.3 Å². The molecule has 3 rings (SSSR count). The smallest absolute Gasteiger partial charge is 0.274 e. The Morgan fingerprint density at radius 3 is 2.54 bits per heavy atom. The van der Waals surface area contributed by atoms with Crippen LogP contribution in [0.5, 0.6) is 5.75 Å². The maximum atomic E-state index is 12.6. The number of imidazole rings is 1. The summed E-state index contributed by atoms with van der Waals surface area (Å²) < 4.78 is 6.95. The average Bonchev–Trinajstić information content (AvgIpc) is 2.91. The number of primary amides is 1. The number of pyridine rings is 1. The highest BCUT2D eigenvalue weighted by molar-refractivity contribution is 6.05. The Morgan fingerprint density at radius 2 is 1.92 bits per heavy atom. The Kier molecular flexibility index (Phi) is 3.91. The molecule has 0 saturated heterocycles. The van der Waals surface area contributed by atoms with Crippen molar-refractivity contribution in [2.75, 3.05) is 12.4 Å². The first-order chi connectivity index (χ1) is 11.5. The number of rotatable bonds is 4. The molecule has 0 aliphatic heterocycles. The number of nitrogens with one attached hydrogen (secondary N) is 1. The van der Waals surface area contributed by atoms with Crippen LogP contribution in [0.15, 0.2) is 42.6 Å². The number of hydrogen-bond donors (Lipinski definition) is 2. The number of anilines is 1. The molecular formula is C17H16N4O3. The lowest BCUT2D eigenvalue weighted by Gasteiger charge is -2.07. The molecule has 2 aromatic heterocycles. The fourth-order valence-electron chi connectivity index (χ4n) is 2.50. The first-order valence-corrected chi connectivity index (χ1v) is 7.24. The predicted octanol–water partition coefficient (Wildman–Crippen LogP) is 2.00. The number of carbonyl (C=O) groups excluding carboxylic acids is 2. The second-order valence-corrected chi connectivity index (χ2v) is 5.21. The monoisotopic (exact) mass is 324 g/mol. The summed E-state index contributed by atoms with van der Waals surface area (Å²) in [7, 11) is 1.55. The van der Waals surface area contributed by atoms with E-state index in [1.807, 2.05) is 0 Å². The summed E-state index contributed by atoms with van der Waals surface area (Å²) >= 11 is 0. The van der Waals surface area contributed by atoms with Gasteiger partial charge in [-0.25, -0.2) is 4.98 Å². The quantitative estimate of drug-likeness (QED) is 0.767. The molecule has 3 aromatic rings. The third-order valence-electron chi connectivity index (χ3n) is 3.65. The van der Waals surface area contributed by atoms with Crippen LogP contribution in [0, 0.1) is 6.92 Å². The normalized spacial score (nSPS) is 10.6. The van der Waals surface area contributed by atoms with Crippen LogP contribution < -0.4 is 15.8 Å². The molecule has 122 valence electrons. The van der Waals surface area contributed by atoms with Crippen LogP contribution in [0.2, 0.25) is 0 Å². The number of hydrogen-bond acceptors (Lipinski definition) is 4. The van der Waals surface area contributed by atoms with Crippen LogP contribution in [0.25, 0.3) is 5.65 Å². The van der Waals surface area contributed by atoms with E-state index in [1.54, 1.807) is 61.0 Å². The zero-order valence-electron chi connectivity index (χ0n) is 13.2. The van der Waals surface area contributed by atoms with E-state index < -0.39 is 5.91 Å². The van der Waals surface area contributed by atoms with Crippen LogP contribution in [0.3, 0.4) is 0 Å². The number of aryl methyl sites for hydroxylation is 1. The Labute approximate surface area is 138 Å². The maximum Gasteiger partial charge on any atom is 0.274 e. The van der Waals surface area contributed by atoms with Crippen LogP contribution in [0.4, 0.5) is 5.69 Å². The van der Waals surface area contributed by atoms with Gasteiger partial charge in [-0.15, -0.1) is 0 Å². The van der Waals surface area contributed by atoms with Crippen molar-refractivity contribution in [1.82, 2.24) is 9.38 Å². The number of benzene rings is 1. The van der Waals surface area contributed by atoms with E-state index in [9.17, 15) is 9.59 Å². The fourth-order valence-corrected chi connectivity index (χ4v) is 2.50. The molecule has 24 heavy (non-hydrogen) atoms. The van der Waals surface area contributed by atoms with Gasteiger partial charge >= 0.3 is 0 Å². The van der Waals surface area contributed by atoms with Gasteiger partial charge in [-0.2, -0.15) is 0 Å². The van der Waals surface area contributed by atoms with E-state index in [0.29, 0.717) is 34.0 Å². The van der Waals surface area contributed by atoms with Gasteiger partial charge in [-0.05, 0) is 43.3 Å². The van der Waals surface area contributed by atoms with Crippen LogP contribution in [-0.4, -0.2) is 28.3 Å². The molecule has 2 amide bonds.